The molecular weight excluding hydrogens is 521 g/mol. The van der Waals surface area contributed by atoms with Gasteiger partial charge < -0.3 is 44.1 Å². The number of ether oxygens (including phenoxy) is 2. The molecule has 0 saturated heterocycles. The number of carbonyl (C=O) groups excluding carboxylic acids is 2. The topological polar surface area (TPSA) is 105 Å². The summed E-state index contributed by atoms with van der Waals surface area (Å²) in [6.07, 6.45) is 0. The van der Waals surface area contributed by atoms with Crippen LogP contribution in [0.5, 0.6) is 11.5 Å². The lowest BCUT2D eigenvalue weighted by molar-refractivity contribution is -0.896. The second-order valence-corrected chi connectivity index (χ2v) is 8.55. The Hall–Kier alpha value is -2.72. The maximum absolute atomic E-state index is 13.5. The first-order valence-corrected chi connectivity index (χ1v) is 12.3. The highest BCUT2D eigenvalue weighted by Gasteiger charge is 2.38. The molecule has 11 heteroatoms. The summed E-state index contributed by atoms with van der Waals surface area (Å²) < 4.78 is 12.0. The van der Waals surface area contributed by atoms with Crippen molar-refractivity contribution in [1.29, 1.82) is 0 Å². The third-order valence-corrected chi connectivity index (χ3v) is 6.71. The van der Waals surface area contributed by atoms with Gasteiger partial charge in [-0.25, -0.2) is 0 Å². The van der Waals surface area contributed by atoms with Gasteiger partial charge in [0.05, 0.1) is 36.7 Å². The Bertz CT molecular complexity index is 1100. The zero-order valence-electron chi connectivity index (χ0n) is 21.7. The number of quaternary nitrogens is 2. The minimum atomic E-state index is -0.583. The molecule has 0 unspecified atom stereocenters. The van der Waals surface area contributed by atoms with Crippen LogP contribution in [-0.4, -0.2) is 69.0 Å². The van der Waals surface area contributed by atoms with Crippen molar-refractivity contribution in [3.8, 4) is 11.5 Å². The minimum absolute atomic E-state index is 0. The summed E-state index contributed by atoms with van der Waals surface area (Å²) in [6.45, 7) is 13.6. The fourth-order valence-corrected chi connectivity index (χ4v) is 4.40. The third kappa shape index (κ3) is 6.98. The van der Waals surface area contributed by atoms with Crippen LogP contribution < -0.4 is 44.1 Å². The number of hydrogen-bond acceptors (Lipinski definition) is 6. The minimum Gasteiger partial charge on any atom is -1.00 e. The molecule has 0 atom stereocenters. The van der Waals surface area contributed by atoms with E-state index < -0.39 is 16.5 Å². The summed E-state index contributed by atoms with van der Waals surface area (Å²) in [6, 6.07) is 7.67. The number of halogens is 2. The van der Waals surface area contributed by atoms with Gasteiger partial charge in [-0.3, -0.25) is 19.7 Å². The first kappa shape index (κ1) is 32.3. The number of likely N-dealkylation sites (N-methyl/N-ethyl adjacent to an activating group) is 2. The summed E-state index contributed by atoms with van der Waals surface area (Å²) in [4.78, 5) is 40.8. The standard InChI is InChI=1S/C26H33N3O6.2ClH/c1-5-27(6-2)13-15-34-25-21(29(32)33)17-20-22(26(25)35-16-14-28(7-3)8-4)24(31)19-12-10-9-11-18(19)23(20)30;;/h9-12,17H,5-8,13-16H2,1-4H3;2*1H. The lowest BCUT2D eigenvalue weighted by Gasteiger charge is -2.23. The van der Waals surface area contributed by atoms with E-state index in [4.69, 9.17) is 9.47 Å². The van der Waals surface area contributed by atoms with Crippen LogP contribution in [0.2, 0.25) is 0 Å². The van der Waals surface area contributed by atoms with Crippen molar-refractivity contribution >= 4 is 17.3 Å². The van der Waals surface area contributed by atoms with E-state index in [9.17, 15) is 19.7 Å². The molecule has 2 aromatic rings. The van der Waals surface area contributed by atoms with Gasteiger partial charge in [0.2, 0.25) is 5.75 Å². The molecule has 0 heterocycles. The van der Waals surface area contributed by atoms with E-state index in [1.165, 1.54) is 9.80 Å². The summed E-state index contributed by atoms with van der Waals surface area (Å²) in [7, 11) is 0. The molecule has 204 valence electrons. The second-order valence-electron chi connectivity index (χ2n) is 8.55. The van der Waals surface area contributed by atoms with Crippen molar-refractivity contribution < 1.29 is 58.6 Å². The van der Waals surface area contributed by atoms with Gasteiger partial charge in [0.25, 0.3) is 0 Å². The van der Waals surface area contributed by atoms with Crippen LogP contribution in [0.4, 0.5) is 5.69 Å². The zero-order chi connectivity index (χ0) is 25.5. The van der Waals surface area contributed by atoms with Crippen molar-refractivity contribution in [2.24, 2.45) is 0 Å². The Morgan fingerprint density at radius 2 is 1.22 bits per heavy atom. The third-order valence-electron chi connectivity index (χ3n) is 6.71. The van der Waals surface area contributed by atoms with E-state index in [0.29, 0.717) is 13.1 Å². The smallest absolute Gasteiger partial charge is 0.315 e. The molecule has 0 aromatic heterocycles. The monoisotopic (exact) mass is 555 g/mol. The second kappa shape index (κ2) is 14.9. The Balaban J connectivity index is 0.00000342. The lowest BCUT2D eigenvalue weighted by Crippen LogP contribution is -3.12. The Morgan fingerprint density at radius 3 is 1.68 bits per heavy atom. The molecule has 1 aliphatic rings. The number of nitrogens with one attached hydrogen (secondary N) is 2. The molecule has 37 heavy (non-hydrogen) atoms. The Labute approximate surface area is 230 Å². The number of nitrogens with zero attached hydrogens (tertiary/aromatic N) is 1. The lowest BCUT2D eigenvalue weighted by atomic mass is 9.83. The van der Waals surface area contributed by atoms with Gasteiger partial charge in [-0.2, -0.15) is 0 Å². The highest BCUT2D eigenvalue weighted by molar-refractivity contribution is 6.29. The van der Waals surface area contributed by atoms with Crippen molar-refractivity contribution in [1.82, 2.24) is 0 Å². The van der Waals surface area contributed by atoms with Gasteiger partial charge in [-0.05, 0) is 27.7 Å². The first-order valence-electron chi connectivity index (χ1n) is 12.3. The van der Waals surface area contributed by atoms with Crippen LogP contribution >= 0.6 is 0 Å². The molecule has 3 rings (SSSR count). The van der Waals surface area contributed by atoms with Crippen LogP contribution in [-0.2, 0) is 0 Å². The molecule has 0 radical (unpaired) electrons. The molecule has 2 N–H and O–H groups in total. The van der Waals surface area contributed by atoms with Crippen molar-refractivity contribution in [2.75, 3.05) is 52.5 Å². The van der Waals surface area contributed by atoms with Gasteiger partial charge in [0.1, 0.15) is 26.3 Å². The average Bonchev–Trinajstić information content (AvgIpc) is 2.87. The van der Waals surface area contributed by atoms with Gasteiger partial charge in [-0.1, -0.05) is 24.3 Å². The first-order chi connectivity index (χ1) is 16.9. The molecule has 2 aromatic carbocycles. The van der Waals surface area contributed by atoms with Gasteiger partial charge >= 0.3 is 5.69 Å². The number of fused-ring (bicyclic) bond motifs is 2. The largest absolute Gasteiger partial charge is 1.00 e. The predicted octanol–water partition coefficient (Wildman–Crippen LogP) is -5.01. The number of rotatable bonds is 13. The number of ketones is 2. The fraction of sp³-hybridized carbons (Fsp3) is 0.462. The summed E-state index contributed by atoms with van der Waals surface area (Å²) in [5.74, 6) is -0.926. The van der Waals surface area contributed by atoms with Gasteiger partial charge in [0, 0.05) is 22.8 Å². The van der Waals surface area contributed by atoms with Gasteiger partial charge in [0.15, 0.2) is 17.3 Å². The highest BCUT2D eigenvalue weighted by Crippen LogP contribution is 2.45. The SMILES string of the molecule is CC[NH+](CC)CCOc1c([N+](=O)[O-])cc2c(c1OCC[NH+](CC)CC)C(=O)c1ccccc1C2=O.[Cl-].[Cl-]. The Morgan fingerprint density at radius 1 is 0.757 bits per heavy atom. The van der Waals surface area contributed by atoms with E-state index >= 15 is 0 Å². The fourth-order valence-electron chi connectivity index (χ4n) is 4.40. The van der Waals surface area contributed by atoms with Crippen LogP contribution in [0, 0.1) is 10.1 Å². The van der Waals surface area contributed by atoms with Crippen molar-refractivity contribution in [3.05, 3.63) is 62.7 Å². The van der Waals surface area contributed by atoms with Crippen LogP contribution in [0.15, 0.2) is 30.3 Å². The molecule has 0 fully saturated rings. The molecule has 0 bridgehead atoms. The zero-order valence-corrected chi connectivity index (χ0v) is 23.2. The van der Waals surface area contributed by atoms with E-state index in [2.05, 4.69) is 27.7 Å². The van der Waals surface area contributed by atoms with Gasteiger partial charge in [-0.15, -0.1) is 0 Å². The highest BCUT2D eigenvalue weighted by atomic mass is 35.5. The van der Waals surface area contributed by atoms with Crippen LogP contribution in [0.25, 0.3) is 0 Å². The van der Waals surface area contributed by atoms with E-state index in [1.54, 1.807) is 24.3 Å². The Kier molecular flexibility index (Phi) is 13.0. The molecule has 0 aliphatic heterocycles. The van der Waals surface area contributed by atoms with Crippen molar-refractivity contribution in [3.63, 3.8) is 0 Å². The molecule has 0 amide bonds. The molecule has 9 nitrogen and oxygen atoms in total. The van der Waals surface area contributed by atoms with Crippen LogP contribution in [0.3, 0.4) is 0 Å². The molecule has 1 aliphatic carbocycles. The van der Waals surface area contributed by atoms with Crippen LogP contribution in [0.1, 0.15) is 59.5 Å². The van der Waals surface area contributed by atoms with Crippen molar-refractivity contribution in [2.45, 2.75) is 27.7 Å². The number of hydrogen-bond donors (Lipinski definition) is 2. The quantitative estimate of drug-likeness (QED) is 0.162. The number of nitro benzene ring substituents is 1. The summed E-state index contributed by atoms with van der Waals surface area (Å²) >= 11 is 0. The number of carbonyl (C=O) groups is 2. The molecular formula is C26H35Cl2N3O6. The summed E-state index contributed by atoms with van der Waals surface area (Å²) in [5.41, 5.74) is 0.142. The molecule has 0 spiro atoms. The molecule has 0 saturated carbocycles. The van der Waals surface area contributed by atoms with E-state index in [-0.39, 0.29) is 77.5 Å². The number of benzene rings is 2. The predicted molar refractivity (Wildman–Crippen MR) is 131 cm³/mol. The summed E-state index contributed by atoms with van der Waals surface area (Å²) in [5, 5.41) is 12.0. The van der Waals surface area contributed by atoms with E-state index in [0.717, 1.165) is 32.2 Å². The normalized spacial score (nSPS) is 11.9. The maximum atomic E-state index is 13.5. The number of nitro groups is 1. The van der Waals surface area contributed by atoms with E-state index in [1.807, 2.05) is 0 Å². The maximum Gasteiger partial charge on any atom is 0.315 e. The average molecular weight is 556 g/mol.